The molecular formula is C24H40O4. The van der Waals surface area contributed by atoms with E-state index in [-0.39, 0.29) is 11.9 Å². The Kier molecular flexibility index (Phi) is 4.71. The van der Waals surface area contributed by atoms with E-state index in [1.165, 1.54) is 32.1 Å². The summed E-state index contributed by atoms with van der Waals surface area (Å²) >= 11 is 0. The van der Waals surface area contributed by atoms with Crippen molar-refractivity contribution in [1.29, 1.82) is 0 Å². The Morgan fingerprint density at radius 3 is 2.39 bits per heavy atom. The molecule has 1 aliphatic heterocycles. The highest BCUT2D eigenvalue weighted by atomic mass is 16.7. The maximum Gasteiger partial charge on any atom is 0.168 e. The van der Waals surface area contributed by atoms with Gasteiger partial charge in [0.2, 0.25) is 0 Å². The van der Waals surface area contributed by atoms with Crippen molar-refractivity contribution >= 4 is 0 Å². The summed E-state index contributed by atoms with van der Waals surface area (Å²) in [7, 11) is 0. The number of ether oxygens (including phenoxy) is 2. The molecule has 5 fully saturated rings. The van der Waals surface area contributed by atoms with Crippen LogP contribution in [0.3, 0.4) is 0 Å². The Hall–Kier alpha value is -0.160. The molecule has 9 atom stereocenters. The van der Waals surface area contributed by atoms with Gasteiger partial charge in [0.25, 0.3) is 0 Å². The first-order chi connectivity index (χ1) is 13.3. The summed E-state index contributed by atoms with van der Waals surface area (Å²) in [4.78, 5) is 0. The molecule has 4 saturated carbocycles. The van der Waals surface area contributed by atoms with Crippen molar-refractivity contribution in [3.63, 3.8) is 0 Å². The summed E-state index contributed by atoms with van der Waals surface area (Å²) in [6.45, 7) is 8.97. The van der Waals surface area contributed by atoms with Crippen molar-refractivity contribution in [3.05, 3.63) is 0 Å². The number of aliphatic hydroxyl groups excluding tert-OH is 2. The number of hydrogen-bond acceptors (Lipinski definition) is 4. The second kappa shape index (κ2) is 6.67. The van der Waals surface area contributed by atoms with Gasteiger partial charge < -0.3 is 19.7 Å². The highest BCUT2D eigenvalue weighted by Crippen LogP contribution is 2.69. The Labute approximate surface area is 170 Å². The van der Waals surface area contributed by atoms with Gasteiger partial charge in [-0.3, -0.25) is 0 Å². The maximum atomic E-state index is 11.4. The molecule has 0 bridgehead atoms. The van der Waals surface area contributed by atoms with Crippen LogP contribution in [0.15, 0.2) is 0 Å². The van der Waals surface area contributed by atoms with E-state index >= 15 is 0 Å². The molecule has 0 aromatic heterocycles. The third-order valence-corrected chi connectivity index (χ3v) is 10.5. The standard InChI is InChI=1S/C24H40O4/c1-15(14-25)17-4-5-18-21-19(6-7-23(17,18)3)22(2)8-9-24(27-10-11-28-24)13-16(22)12-20(21)26/h15-21,25-26H,4-14H2,1-3H3/t15-,16?,17-,18?,19?,20-,21?,22+,23-/m1/s1. The first-order valence-corrected chi connectivity index (χ1v) is 11.9. The maximum absolute atomic E-state index is 11.4. The number of fused-ring (bicyclic) bond motifs is 5. The molecule has 4 heteroatoms. The van der Waals surface area contributed by atoms with Gasteiger partial charge in [0.05, 0.1) is 19.3 Å². The van der Waals surface area contributed by atoms with Crippen LogP contribution in [-0.2, 0) is 9.47 Å². The minimum Gasteiger partial charge on any atom is -0.396 e. The first-order valence-electron chi connectivity index (χ1n) is 11.9. The van der Waals surface area contributed by atoms with Crippen LogP contribution in [-0.4, -0.2) is 41.9 Å². The van der Waals surface area contributed by atoms with E-state index in [2.05, 4.69) is 20.8 Å². The summed E-state index contributed by atoms with van der Waals surface area (Å²) in [5, 5.41) is 21.2. The fourth-order valence-electron chi connectivity index (χ4n) is 9.03. The Balaban J connectivity index is 1.42. The SMILES string of the molecule is C[C@H](CO)[C@H]1CCC2C3C(CC[C@@]21C)[C@@]1(C)CCC2(CC1C[C@H]3O)OCCO2. The number of hydrogen-bond donors (Lipinski definition) is 2. The van der Waals surface area contributed by atoms with E-state index in [1.807, 2.05) is 0 Å². The smallest absolute Gasteiger partial charge is 0.168 e. The molecule has 1 heterocycles. The van der Waals surface area contributed by atoms with Gasteiger partial charge in [-0.15, -0.1) is 0 Å². The minimum atomic E-state index is -0.352. The van der Waals surface area contributed by atoms with E-state index in [1.54, 1.807) is 0 Å². The quantitative estimate of drug-likeness (QED) is 0.746. The van der Waals surface area contributed by atoms with E-state index in [4.69, 9.17) is 9.47 Å². The van der Waals surface area contributed by atoms with Crippen molar-refractivity contribution in [2.45, 2.75) is 84.0 Å². The summed E-state index contributed by atoms with van der Waals surface area (Å²) in [6, 6.07) is 0. The van der Waals surface area contributed by atoms with Gasteiger partial charge >= 0.3 is 0 Å². The van der Waals surface area contributed by atoms with Gasteiger partial charge in [-0.25, -0.2) is 0 Å². The fourth-order valence-corrected chi connectivity index (χ4v) is 9.03. The summed E-state index contributed by atoms with van der Waals surface area (Å²) in [5.74, 6) is 2.82. The van der Waals surface area contributed by atoms with Crippen LogP contribution in [0.1, 0.15) is 72.1 Å². The van der Waals surface area contributed by atoms with Gasteiger partial charge in [-0.2, -0.15) is 0 Å². The van der Waals surface area contributed by atoms with Crippen LogP contribution in [0.2, 0.25) is 0 Å². The number of rotatable bonds is 2. The van der Waals surface area contributed by atoms with Crippen LogP contribution in [0, 0.1) is 46.3 Å². The largest absolute Gasteiger partial charge is 0.396 e. The number of aliphatic hydroxyl groups is 2. The Bertz CT molecular complexity index is 601. The lowest BCUT2D eigenvalue weighted by molar-refractivity contribution is -0.243. The van der Waals surface area contributed by atoms with E-state index in [0.717, 1.165) is 32.5 Å². The molecule has 5 rings (SSSR count). The van der Waals surface area contributed by atoms with Crippen molar-refractivity contribution in [2.75, 3.05) is 19.8 Å². The molecule has 0 aromatic carbocycles. The third-order valence-electron chi connectivity index (χ3n) is 10.5. The Morgan fingerprint density at radius 1 is 0.964 bits per heavy atom. The zero-order valence-corrected chi connectivity index (χ0v) is 18.0. The molecular weight excluding hydrogens is 352 g/mol. The lowest BCUT2D eigenvalue weighted by Crippen LogP contribution is -2.60. The molecule has 0 amide bonds. The molecule has 2 N–H and O–H groups in total. The van der Waals surface area contributed by atoms with Crippen molar-refractivity contribution in [1.82, 2.24) is 0 Å². The second-order valence-corrected chi connectivity index (χ2v) is 11.5. The molecule has 4 nitrogen and oxygen atoms in total. The molecule has 5 aliphatic rings. The average molecular weight is 393 g/mol. The van der Waals surface area contributed by atoms with Crippen LogP contribution in [0.5, 0.6) is 0 Å². The van der Waals surface area contributed by atoms with Crippen molar-refractivity contribution < 1.29 is 19.7 Å². The monoisotopic (exact) mass is 392 g/mol. The molecule has 0 aromatic rings. The molecule has 4 unspecified atom stereocenters. The van der Waals surface area contributed by atoms with Crippen molar-refractivity contribution in [3.8, 4) is 0 Å². The van der Waals surface area contributed by atoms with Crippen molar-refractivity contribution in [2.24, 2.45) is 46.3 Å². The zero-order valence-electron chi connectivity index (χ0n) is 18.0. The topological polar surface area (TPSA) is 58.9 Å². The van der Waals surface area contributed by atoms with Gasteiger partial charge in [0.1, 0.15) is 0 Å². The molecule has 28 heavy (non-hydrogen) atoms. The predicted molar refractivity (Wildman–Crippen MR) is 107 cm³/mol. The second-order valence-electron chi connectivity index (χ2n) is 11.5. The lowest BCUT2D eigenvalue weighted by atomic mass is 9.43. The van der Waals surface area contributed by atoms with Gasteiger partial charge in [-0.05, 0) is 84.9 Å². The third kappa shape index (κ3) is 2.63. The molecule has 0 radical (unpaired) electrons. The molecule has 160 valence electrons. The van der Waals surface area contributed by atoms with Gasteiger partial charge in [-0.1, -0.05) is 20.8 Å². The average Bonchev–Trinajstić information content (AvgIpc) is 3.27. The minimum absolute atomic E-state index is 0.188. The Morgan fingerprint density at radius 2 is 1.68 bits per heavy atom. The molecule has 1 spiro atoms. The van der Waals surface area contributed by atoms with E-state index in [0.29, 0.717) is 52.9 Å². The highest BCUT2D eigenvalue weighted by molar-refractivity contribution is 5.12. The van der Waals surface area contributed by atoms with Gasteiger partial charge in [0, 0.05) is 19.4 Å². The summed E-state index contributed by atoms with van der Waals surface area (Å²) < 4.78 is 12.1. The van der Waals surface area contributed by atoms with Gasteiger partial charge in [0.15, 0.2) is 5.79 Å². The predicted octanol–water partition coefficient (Wildman–Crippen LogP) is 3.99. The highest BCUT2D eigenvalue weighted by Gasteiger charge is 2.64. The van der Waals surface area contributed by atoms with E-state index in [9.17, 15) is 10.2 Å². The lowest BCUT2D eigenvalue weighted by Gasteiger charge is -2.63. The summed E-state index contributed by atoms with van der Waals surface area (Å²) in [5.41, 5.74) is 0.605. The first kappa shape index (κ1) is 19.8. The van der Waals surface area contributed by atoms with Crippen LogP contribution >= 0.6 is 0 Å². The normalized spacial score (nSPS) is 53.5. The van der Waals surface area contributed by atoms with Crippen LogP contribution in [0.25, 0.3) is 0 Å². The molecule has 1 saturated heterocycles. The zero-order chi connectivity index (χ0) is 19.7. The summed E-state index contributed by atoms with van der Waals surface area (Å²) in [6.07, 6.45) is 8.86. The van der Waals surface area contributed by atoms with Crippen LogP contribution in [0.4, 0.5) is 0 Å². The van der Waals surface area contributed by atoms with Crippen LogP contribution < -0.4 is 0 Å². The molecule has 4 aliphatic carbocycles. The fraction of sp³-hybridized carbons (Fsp3) is 1.00. The van der Waals surface area contributed by atoms with E-state index < -0.39 is 0 Å².